The van der Waals surface area contributed by atoms with Crippen molar-refractivity contribution in [2.75, 3.05) is 6.54 Å². The summed E-state index contributed by atoms with van der Waals surface area (Å²) >= 11 is 1.91. The Kier molecular flexibility index (Phi) is 2.62. The largest absolute Gasteiger partial charge is 0.342 e. The average molecular weight is 192 g/mol. The highest BCUT2D eigenvalue weighted by atomic mass is 32.1. The molecule has 2 N–H and O–H groups in total. The maximum Gasteiger partial charge on any atom is 0.111 e. The first-order chi connectivity index (χ1) is 6.40. The molecule has 0 aliphatic rings. The van der Waals surface area contributed by atoms with Gasteiger partial charge in [-0.25, -0.2) is 0 Å². The third kappa shape index (κ3) is 1.90. The summed E-state index contributed by atoms with van der Waals surface area (Å²) in [6.07, 6.45) is 0. The van der Waals surface area contributed by atoms with Crippen LogP contribution < -0.4 is 5.32 Å². The lowest BCUT2D eigenvalue weighted by atomic mass is 10.2. The molecule has 0 bridgehead atoms. The predicted molar refractivity (Wildman–Crippen MR) is 58.0 cm³/mol. The number of fused-ring (bicyclic) bond motifs is 1. The van der Waals surface area contributed by atoms with Gasteiger partial charge in [0, 0.05) is 4.70 Å². The maximum atomic E-state index is 2.32. The molecule has 0 unspecified atom stereocenters. The van der Waals surface area contributed by atoms with Crippen LogP contribution in [0.5, 0.6) is 0 Å². The van der Waals surface area contributed by atoms with Crippen LogP contribution in [0.15, 0.2) is 30.3 Å². The molecule has 0 aliphatic carbocycles. The Labute approximate surface area is 82.4 Å². The van der Waals surface area contributed by atoms with Crippen molar-refractivity contribution < 1.29 is 5.32 Å². The van der Waals surface area contributed by atoms with Crippen molar-refractivity contribution in [1.82, 2.24) is 0 Å². The molecule has 0 atom stereocenters. The van der Waals surface area contributed by atoms with Gasteiger partial charge in [0.2, 0.25) is 0 Å². The minimum Gasteiger partial charge on any atom is -0.342 e. The summed E-state index contributed by atoms with van der Waals surface area (Å²) in [5, 5.41) is 3.71. The molecule has 2 aromatic rings. The third-order valence-electron chi connectivity index (χ3n) is 2.11. The zero-order chi connectivity index (χ0) is 9.10. The number of rotatable bonds is 3. The summed E-state index contributed by atoms with van der Waals surface area (Å²) in [6, 6.07) is 10.9. The molecule has 0 saturated heterocycles. The first-order valence-corrected chi connectivity index (χ1v) is 5.51. The Morgan fingerprint density at radius 1 is 1.31 bits per heavy atom. The first-order valence-electron chi connectivity index (χ1n) is 4.69. The molecular formula is C11H14NS+. The number of hydrogen-bond acceptors (Lipinski definition) is 1. The molecule has 0 amide bonds. The molecule has 68 valence electrons. The van der Waals surface area contributed by atoms with Crippen LogP contribution in [0.2, 0.25) is 0 Å². The number of hydrogen-bond donors (Lipinski definition) is 1. The third-order valence-corrected chi connectivity index (χ3v) is 3.25. The molecule has 0 fully saturated rings. The second-order valence-corrected chi connectivity index (χ2v) is 4.32. The van der Waals surface area contributed by atoms with Crippen LogP contribution in [-0.4, -0.2) is 6.54 Å². The zero-order valence-corrected chi connectivity index (χ0v) is 8.60. The van der Waals surface area contributed by atoms with Crippen molar-refractivity contribution in [3.8, 4) is 0 Å². The minimum atomic E-state index is 1.12. The minimum absolute atomic E-state index is 1.12. The van der Waals surface area contributed by atoms with Crippen LogP contribution in [0.4, 0.5) is 0 Å². The maximum absolute atomic E-state index is 2.32. The van der Waals surface area contributed by atoms with Crippen molar-refractivity contribution >= 4 is 21.4 Å². The Morgan fingerprint density at radius 3 is 2.92 bits per heavy atom. The van der Waals surface area contributed by atoms with E-state index in [0.29, 0.717) is 0 Å². The van der Waals surface area contributed by atoms with Gasteiger partial charge in [-0.3, -0.25) is 0 Å². The molecule has 0 saturated carbocycles. The molecule has 1 nitrogen and oxygen atoms in total. The molecule has 1 aromatic heterocycles. The van der Waals surface area contributed by atoms with Gasteiger partial charge in [0.25, 0.3) is 0 Å². The topological polar surface area (TPSA) is 16.6 Å². The smallest absolute Gasteiger partial charge is 0.111 e. The van der Waals surface area contributed by atoms with Gasteiger partial charge in [-0.1, -0.05) is 18.2 Å². The summed E-state index contributed by atoms with van der Waals surface area (Å²) in [5.74, 6) is 0. The number of quaternary nitrogens is 1. The van der Waals surface area contributed by atoms with Gasteiger partial charge in [0.1, 0.15) is 6.54 Å². The van der Waals surface area contributed by atoms with Crippen LogP contribution in [0.1, 0.15) is 11.8 Å². The highest BCUT2D eigenvalue weighted by Crippen LogP contribution is 2.24. The fraction of sp³-hybridized carbons (Fsp3) is 0.273. The molecule has 13 heavy (non-hydrogen) atoms. The Balaban J connectivity index is 2.28. The summed E-state index contributed by atoms with van der Waals surface area (Å²) in [6.45, 7) is 4.47. The molecule has 0 spiro atoms. The summed E-state index contributed by atoms with van der Waals surface area (Å²) < 4.78 is 1.40. The van der Waals surface area contributed by atoms with Gasteiger partial charge in [-0.05, 0) is 24.4 Å². The Hall–Kier alpha value is -0.860. The van der Waals surface area contributed by atoms with Crippen molar-refractivity contribution in [2.45, 2.75) is 13.5 Å². The average Bonchev–Trinajstić information content (AvgIpc) is 2.57. The van der Waals surface area contributed by atoms with Gasteiger partial charge in [0.05, 0.1) is 11.4 Å². The number of benzene rings is 1. The van der Waals surface area contributed by atoms with Gasteiger partial charge in [-0.15, -0.1) is 11.3 Å². The van der Waals surface area contributed by atoms with E-state index in [1.807, 2.05) is 11.3 Å². The number of nitrogens with two attached hydrogens (primary N) is 1. The van der Waals surface area contributed by atoms with Gasteiger partial charge in [-0.2, -0.15) is 0 Å². The normalized spacial score (nSPS) is 10.8. The molecule has 2 rings (SSSR count). The fourth-order valence-electron chi connectivity index (χ4n) is 1.42. The SMILES string of the molecule is CC[NH2+]Cc1cc2ccccc2s1. The molecule has 0 radical (unpaired) electrons. The van der Waals surface area contributed by atoms with Gasteiger partial charge in [0.15, 0.2) is 0 Å². The summed E-state index contributed by atoms with van der Waals surface area (Å²) in [5.41, 5.74) is 0. The van der Waals surface area contributed by atoms with Crippen LogP contribution in [0.25, 0.3) is 10.1 Å². The Morgan fingerprint density at radius 2 is 2.15 bits per heavy atom. The van der Waals surface area contributed by atoms with Gasteiger partial charge >= 0.3 is 0 Å². The lowest BCUT2D eigenvalue weighted by molar-refractivity contribution is -0.667. The molecular weight excluding hydrogens is 178 g/mol. The quantitative estimate of drug-likeness (QED) is 0.766. The lowest BCUT2D eigenvalue weighted by Gasteiger charge is -1.91. The van der Waals surface area contributed by atoms with Crippen LogP contribution in [0.3, 0.4) is 0 Å². The van der Waals surface area contributed by atoms with Crippen molar-refractivity contribution in [3.63, 3.8) is 0 Å². The lowest BCUT2D eigenvalue weighted by Crippen LogP contribution is -2.81. The molecule has 2 heteroatoms. The molecule has 0 aliphatic heterocycles. The van der Waals surface area contributed by atoms with Crippen molar-refractivity contribution in [1.29, 1.82) is 0 Å². The summed E-state index contributed by atoms with van der Waals surface area (Å²) in [4.78, 5) is 1.48. The highest BCUT2D eigenvalue weighted by Gasteiger charge is 2.00. The second kappa shape index (κ2) is 3.90. The van der Waals surface area contributed by atoms with Crippen LogP contribution in [-0.2, 0) is 6.54 Å². The standard InChI is InChI=1S/C11H13NS/c1-2-12-8-10-7-9-5-3-4-6-11(9)13-10/h3-7,12H,2,8H2,1H3/p+1. The molecule has 1 heterocycles. The Bertz CT molecular complexity index is 359. The highest BCUT2D eigenvalue weighted by molar-refractivity contribution is 7.19. The zero-order valence-electron chi connectivity index (χ0n) is 7.79. The van der Waals surface area contributed by atoms with E-state index in [1.165, 1.54) is 15.0 Å². The van der Waals surface area contributed by atoms with Crippen molar-refractivity contribution in [2.24, 2.45) is 0 Å². The summed E-state index contributed by atoms with van der Waals surface area (Å²) in [7, 11) is 0. The number of thiophene rings is 1. The fourth-order valence-corrected chi connectivity index (χ4v) is 2.49. The molecule has 1 aromatic carbocycles. The van der Waals surface area contributed by atoms with E-state index in [1.54, 1.807) is 0 Å². The monoisotopic (exact) mass is 192 g/mol. The van der Waals surface area contributed by atoms with E-state index in [-0.39, 0.29) is 0 Å². The van der Waals surface area contributed by atoms with E-state index >= 15 is 0 Å². The van der Waals surface area contributed by atoms with E-state index in [9.17, 15) is 0 Å². The predicted octanol–water partition coefficient (Wildman–Crippen LogP) is 1.98. The van der Waals surface area contributed by atoms with E-state index in [4.69, 9.17) is 0 Å². The van der Waals surface area contributed by atoms with Crippen molar-refractivity contribution in [3.05, 3.63) is 35.2 Å². The van der Waals surface area contributed by atoms with Gasteiger partial charge < -0.3 is 5.32 Å². The van der Waals surface area contributed by atoms with Crippen LogP contribution >= 0.6 is 11.3 Å². The van der Waals surface area contributed by atoms with Crippen LogP contribution in [0, 0.1) is 0 Å². The second-order valence-electron chi connectivity index (χ2n) is 3.15. The van der Waals surface area contributed by atoms with E-state index in [0.717, 1.165) is 13.1 Å². The first kappa shape index (κ1) is 8.73. The van der Waals surface area contributed by atoms with E-state index in [2.05, 4.69) is 42.6 Å². The van der Waals surface area contributed by atoms with E-state index < -0.39 is 0 Å².